The van der Waals surface area contributed by atoms with Crippen molar-refractivity contribution >= 4 is 71.7 Å². The van der Waals surface area contributed by atoms with Crippen LogP contribution in [0.3, 0.4) is 0 Å². The van der Waals surface area contributed by atoms with E-state index >= 15 is 0 Å². The van der Waals surface area contributed by atoms with E-state index in [1.165, 1.54) is 22.3 Å². The summed E-state index contributed by atoms with van der Waals surface area (Å²) in [5.74, 6) is 0. The third kappa shape index (κ3) is 5.13. The highest BCUT2D eigenvalue weighted by Gasteiger charge is 2.24. The summed E-state index contributed by atoms with van der Waals surface area (Å²) in [7, 11) is 0. The molecule has 0 amide bonds. The van der Waals surface area contributed by atoms with E-state index < -0.39 is 0 Å². The lowest BCUT2D eigenvalue weighted by Crippen LogP contribution is -2.10. The summed E-state index contributed by atoms with van der Waals surface area (Å²) in [6.07, 6.45) is 0. The molecule has 0 N–H and O–H groups in total. The molecule has 9 aromatic carbocycles. The van der Waals surface area contributed by atoms with E-state index in [1.807, 2.05) is 12.1 Å². The van der Waals surface area contributed by atoms with Gasteiger partial charge in [-0.3, -0.25) is 0 Å². The Kier molecular flexibility index (Phi) is 7.17. The van der Waals surface area contributed by atoms with E-state index in [2.05, 4.69) is 193 Å². The van der Waals surface area contributed by atoms with Crippen molar-refractivity contribution in [2.45, 2.75) is 0 Å². The molecular weight excluding hydrogens is 671 g/mol. The maximum absolute atomic E-state index is 7.02. The van der Waals surface area contributed by atoms with E-state index in [0.29, 0.717) is 0 Å². The van der Waals surface area contributed by atoms with Crippen LogP contribution >= 0.6 is 0 Å². The molecule has 0 saturated heterocycles. The first kappa shape index (κ1) is 31.2. The van der Waals surface area contributed by atoms with Crippen molar-refractivity contribution in [3.63, 3.8) is 0 Å². The molecule has 0 spiro atoms. The van der Waals surface area contributed by atoms with Crippen LogP contribution in [0, 0.1) is 0 Å². The molecule has 0 unspecified atom stereocenters. The van der Waals surface area contributed by atoms with Crippen LogP contribution in [0.25, 0.3) is 88.0 Å². The zero-order valence-corrected chi connectivity index (χ0v) is 29.8. The number of rotatable bonds is 6. The van der Waals surface area contributed by atoms with Gasteiger partial charge in [0.15, 0.2) is 0 Å². The largest absolute Gasteiger partial charge is 0.455 e. The zero-order chi connectivity index (χ0) is 36.3. The molecule has 0 bridgehead atoms. The monoisotopic (exact) mass is 703 g/mol. The van der Waals surface area contributed by atoms with Crippen molar-refractivity contribution in [2.75, 3.05) is 4.90 Å². The molecule has 0 aliphatic heterocycles. The summed E-state index contributed by atoms with van der Waals surface area (Å²) in [5, 5.41) is 6.57. The molecule has 0 atom stereocenters. The van der Waals surface area contributed by atoms with Gasteiger partial charge in [0.05, 0.1) is 11.1 Å². The van der Waals surface area contributed by atoms with Crippen LogP contribution < -0.4 is 4.90 Å². The number of nitrogens with zero attached hydrogens (tertiary/aromatic N) is 1. The molecule has 2 aromatic heterocycles. The second-order valence-corrected chi connectivity index (χ2v) is 14.0. The van der Waals surface area contributed by atoms with Crippen molar-refractivity contribution in [2.24, 2.45) is 0 Å². The van der Waals surface area contributed by atoms with E-state index in [1.54, 1.807) is 0 Å². The number of furan rings is 2. The van der Waals surface area contributed by atoms with E-state index in [4.69, 9.17) is 8.83 Å². The number of hydrogen-bond acceptors (Lipinski definition) is 3. The van der Waals surface area contributed by atoms with Gasteiger partial charge >= 0.3 is 0 Å². The first-order valence-corrected chi connectivity index (χ1v) is 18.7. The fraction of sp³-hybridized carbons (Fsp3) is 0. The lowest BCUT2D eigenvalue weighted by molar-refractivity contribution is 0.665. The summed E-state index contributed by atoms with van der Waals surface area (Å²) in [5.41, 5.74) is 13.3. The van der Waals surface area contributed by atoms with E-state index in [9.17, 15) is 0 Å². The van der Waals surface area contributed by atoms with Crippen molar-refractivity contribution < 1.29 is 8.83 Å². The Morgan fingerprint density at radius 1 is 0.345 bits per heavy atom. The normalized spacial score (nSPS) is 11.6. The van der Waals surface area contributed by atoms with Gasteiger partial charge in [-0.25, -0.2) is 0 Å². The zero-order valence-electron chi connectivity index (χ0n) is 29.8. The second kappa shape index (κ2) is 12.6. The van der Waals surface area contributed by atoms with E-state index in [0.717, 1.165) is 82.8 Å². The van der Waals surface area contributed by atoms with Gasteiger partial charge < -0.3 is 13.7 Å². The van der Waals surface area contributed by atoms with Crippen molar-refractivity contribution in [1.29, 1.82) is 0 Å². The molecule has 0 fully saturated rings. The molecule has 11 rings (SSSR count). The SMILES string of the molecule is c1ccc(-c2ccc(N(c3ccc(-c4ccccc4)cc3)c3cccc4oc5c(-c6cccc7c6oc6ccccc67)c6ccccc6cc5c34)cc2)cc1. The van der Waals surface area contributed by atoms with Crippen LogP contribution in [0.1, 0.15) is 0 Å². The summed E-state index contributed by atoms with van der Waals surface area (Å²) < 4.78 is 13.6. The molecule has 55 heavy (non-hydrogen) atoms. The summed E-state index contributed by atoms with van der Waals surface area (Å²) >= 11 is 0. The second-order valence-electron chi connectivity index (χ2n) is 14.0. The maximum atomic E-state index is 7.02. The minimum atomic E-state index is 0.827. The van der Waals surface area contributed by atoms with Crippen molar-refractivity contribution in [1.82, 2.24) is 0 Å². The summed E-state index contributed by atoms with van der Waals surface area (Å²) in [4.78, 5) is 2.36. The minimum absolute atomic E-state index is 0.827. The van der Waals surface area contributed by atoms with Crippen LogP contribution in [-0.2, 0) is 0 Å². The van der Waals surface area contributed by atoms with Crippen molar-refractivity contribution in [3.8, 4) is 33.4 Å². The van der Waals surface area contributed by atoms with Crippen molar-refractivity contribution in [3.05, 3.63) is 200 Å². The molecule has 3 nitrogen and oxygen atoms in total. The fourth-order valence-corrected chi connectivity index (χ4v) is 8.30. The summed E-state index contributed by atoms with van der Waals surface area (Å²) in [6.45, 7) is 0. The van der Waals surface area contributed by atoms with Gasteiger partial charge in [0.2, 0.25) is 0 Å². The van der Waals surface area contributed by atoms with Gasteiger partial charge in [0, 0.05) is 38.7 Å². The maximum Gasteiger partial charge on any atom is 0.144 e. The molecule has 0 aliphatic carbocycles. The average molecular weight is 704 g/mol. The third-order valence-corrected chi connectivity index (χ3v) is 10.9. The highest BCUT2D eigenvalue weighted by Crippen LogP contribution is 2.48. The third-order valence-electron chi connectivity index (χ3n) is 10.9. The van der Waals surface area contributed by atoms with Crippen LogP contribution in [0.15, 0.2) is 209 Å². The van der Waals surface area contributed by atoms with Gasteiger partial charge in [-0.2, -0.15) is 0 Å². The molecule has 0 radical (unpaired) electrons. The van der Waals surface area contributed by atoms with Gasteiger partial charge in [0.25, 0.3) is 0 Å². The summed E-state index contributed by atoms with van der Waals surface area (Å²) in [6, 6.07) is 70.8. The molecule has 0 saturated carbocycles. The molecular formula is C52H33NO2. The van der Waals surface area contributed by atoms with Gasteiger partial charge in [-0.15, -0.1) is 0 Å². The fourth-order valence-electron chi connectivity index (χ4n) is 8.30. The van der Waals surface area contributed by atoms with Gasteiger partial charge in [0.1, 0.15) is 22.3 Å². The highest BCUT2D eigenvalue weighted by atomic mass is 16.3. The van der Waals surface area contributed by atoms with Crippen LogP contribution in [0.5, 0.6) is 0 Å². The first-order valence-electron chi connectivity index (χ1n) is 18.7. The molecule has 0 aliphatic rings. The number of fused-ring (bicyclic) bond motifs is 7. The standard InChI is InChI=1S/C52H33NO2/c1-3-13-34(14-4-1)36-25-29-39(30-26-36)53(40-31-27-37(28-32-40)35-15-5-2-6-16-35)46-22-12-24-48-50(46)45-33-38-17-7-8-18-41(38)49(52(45)55-48)44-21-11-20-43-42-19-9-10-23-47(42)54-51(43)44/h1-33H. The quantitative estimate of drug-likeness (QED) is 0.173. The number of para-hydroxylation sites is 2. The number of benzene rings is 9. The number of hydrogen-bond donors (Lipinski definition) is 0. The highest BCUT2D eigenvalue weighted by molar-refractivity contribution is 6.24. The van der Waals surface area contributed by atoms with E-state index in [-0.39, 0.29) is 0 Å². The molecule has 258 valence electrons. The Morgan fingerprint density at radius 3 is 1.56 bits per heavy atom. The lowest BCUT2D eigenvalue weighted by Gasteiger charge is -2.26. The van der Waals surface area contributed by atoms with Gasteiger partial charge in [-0.1, -0.05) is 152 Å². The predicted molar refractivity (Wildman–Crippen MR) is 229 cm³/mol. The minimum Gasteiger partial charge on any atom is -0.455 e. The Morgan fingerprint density at radius 2 is 0.873 bits per heavy atom. The Hall–Kier alpha value is -7.36. The topological polar surface area (TPSA) is 29.5 Å². The van der Waals surface area contributed by atoms with Crippen LogP contribution in [0.2, 0.25) is 0 Å². The predicted octanol–water partition coefficient (Wildman–Crippen LogP) is 15.1. The lowest BCUT2D eigenvalue weighted by atomic mass is 9.93. The Labute approximate surface area is 317 Å². The van der Waals surface area contributed by atoms with Crippen LogP contribution in [0.4, 0.5) is 17.1 Å². The molecule has 2 heterocycles. The Balaban J connectivity index is 1.17. The molecule has 3 heteroatoms. The first-order chi connectivity index (χ1) is 27.3. The molecule has 11 aromatic rings. The van der Waals surface area contributed by atoms with Crippen LogP contribution in [-0.4, -0.2) is 0 Å². The smallest absolute Gasteiger partial charge is 0.144 e. The Bertz CT molecular complexity index is 3090. The average Bonchev–Trinajstić information content (AvgIpc) is 3.83. The van der Waals surface area contributed by atoms with Gasteiger partial charge in [-0.05, 0) is 81.6 Å². The number of anilines is 3.